The first-order valence-corrected chi connectivity index (χ1v) is 11.7. The number of nitrogens with one attached hydrogen (secondary N) is 1. The summed E-state index contributed by atoms with van der Waals surface area (Å²) in [5.41, 5.74) is 0.0188. The van der Waals surface area contributed by atoms with Crippen molar-refractivity contribution >= 4 is 11.9 Å². The summed E-state index contributed by atoms with van der Waals surface area (Å²) in [6.07, 6.45) is -4.20. The summed E-state index contributed by atoms with van der Waals surface area (Å²) in [5.74, 6) is -1.23. The summed E-state index contributed by atoms with van der Waals surface area (Å²) in [6.45, 7) is 1.85. The third-order valence-corrected chi connectivity index (χ3v) is 6.31. The Morgan fingerprint density at radius 2 is 1.87 bits per heavy atom. The molecule has 0 fully saturated rings. The number of halogens is 4. The normalized spacial score (nSPS) is 13.9. The molecule has 0 radical (unpaired) electrons. The Bertz CT molecular complexity index is 1480. The van der Waals surface area contributed by atoms with Gasteiger partial charge in [-0.1, -0.05) is 12.1 Å². The Balaban J connectivity index is 1.61. The maximum Gasteiger partial charge on any atom is 0.416 e. The van der Waals surface area contributed by atoms with Gasteiger partial charge >= 0.3 is 6.18 Å². The Kier molecular flexibility index (Phi) is 7.13. The second-order valence-electron chi connectivity index (χ2n) is 9.09. The molecule has 1 unspecified atom stereocenters. The van der Waals surface area contributed by atoms with Crippen molar-refractivity contribution in [2.45, 2.75) is 32.1 Å². The highest BCUT2D eigenvalue weighted by Crippen LogP contribution is 2.30. The molecule has 1 amide bonds. The smallest absolute Gasteiger partial charge is 0.348 e. The SMILES string of the molecule is CC(Nc1nc2c(c(=O)n1N(C)C)CN(C(=O)c1ccc(C#N)cc1F)CC2)c1ccc(C(F)(F)F)cc1. The number of carbonyl (C=O) groups is 1. The van der Waals surface area contributed by atoms with Crippen LogP contribution >= 0.6 is 0 Å². The van der Waals surface area contributed by atoms with Gasteiger partial charge in [-0.3, -0.25) is 9.59 Å². The molecule has 0 saturated heterocycles. The van der Waals surface area contributed by atoms with Crippen molar-refractivity contribution in [1.29, 1.82) is 5.26 Å². The number of rotatable bonds is 5. The summed E-state index contributed by atoms with van der Waals surface area (Å²) < 4.78 is 54.5. The lowest BCUT2D eigenvalue weighted by molar-refractivity contribution is -0.137. The topological polar surface area (TPSA) is 94.3 Å². The van der Waals surface area contributed by atoms with Gasteiger partial charge in [-0.2, -0.15) is 23.1 Å². The number of hydrogen-bond donors (Lipinski definition) is 1. The van der Waals surface area contributed by atoms with Gasteiger partial charge in [-0.25, -0.2) is 9.37 Å². The van der Waals surface area contributed by atoms with Crippen molar-refractivity contribution in [3.8, 4) is 6.07 Å². The summed E-state index contributed by atoms with van der Waals surface area (Å²) >= 11 is 0. The lowest BCUT2D eigenvalue weighted by Crippen LogP contribution is -2.45. The van der Waals surface area contributed by atoms with E-state index in [0.717, 1.165) is 18.2 Å². The minimum atomic E-state index is -4.44. The molecule has 1 aromatic heterocycles. The molecule has 0 aliphatic carbocycles. The van der Waals surface area contributed by atoms with Gasteiger partial charge in [0.1, 0.15) is 5.82 Å². The number of aromatic nitrogens is 2. The van der Waals surface area contributed by atoms with Crippen molar-refractivity contribution < 1.29 is 22.4 Å². The number of carbonyl (C=O) groups excluding carboxylic acids is 1. The molecule has 198 valence electrons. The van der Waals surface area contributed by atoms with Crippen LogP contribution < -0.4 is 15.9 Å². The fourth-order valence-electron chi connectivity index (χ4n) is 4.27. The molecule has 3 aromatic rings. The first-order valence-electron chi connectivity index (χ1n) is 11.7. The van der Waals surface area contributed by atoms with Crippen LogP contribution in [0.25, 0.3) is 0 Å². The second kappa shape index (κ2) is 10.2. The predicted molar refractivity (Wildman–Crippen MR) is 132 cm³/mol. The first-order chi connectivity index (χ1) is 17.9. The molecule has 0 saturated carbocycles. The number of anilines is 1. The van der Waals surface area contributed by atoms with E-state index < -0.39 is 35.1 Å². The lowest BCUT2D eigenvalue weighted by Gasteiger charge is -2.31. The monoisotopic (exact) mass is 528 g/mol. The fraction of sp³-hybridized carbons (Fsp3) is 0.308. The number of alkyl halides is 3. The number of hydrogen-bond acceptors (Lipinski definition) is 6. The van der Waals surface area contributed by atoms with Gasteiger partial charge in [0.05, 0.1) is 46.6 Å². The molecular weight excluding hydrogens is 504 g/mol. The minimum Gasteiger partial charge on any atom is -0.348 e. The summed E-state index contributed by atoms with van der Waals surface area (Å²) in [5, 5.41) is 13.5. The first kappa shape index (κ1) is 26.7. The van der Waals surface area contributed by atoms with Crippen molar-refractivity contribution in [3.05, 3.63) is 92.1 Å². The molecule has 4 rings (SSSR count). The van der Waals surface area contributed by atoms with Gasteiger partial charge in [-0.05, 0) is 42.8 Å². The summed E-state index contributed by atoms with van der Waals surface area (Å²) in [7, 11) is 3.25. The number of fused-ring (bicyclic) bond motifs is 1. The van der Waals surface area contributed by atoms with E-state index in [1.165, 1.54) is 38.9 Å². The van der Waals surface area contributed by atoms with Crippen LogP contribution in [0.3, 0.4) is 0 Å². The van der Waals surface area contributed by atoms with Crippen LogP contribution in [0.15, 0.2) is 47.3 Å². The van der Waals surface area contributed by atoms with E-state index >= 15 is 0 Å². The van der Waals surface area contributed by atoms with E-state index in [-0.39, 0.29) is 42.1 Å². The van der Waals surface area contributed by atoms with E-state index in [1.807, 2.05) is 6.07 Å². The van der Waals surface area contributed by atoms with E-state index in [4.69, 9.17) is 5.26 Å². The highest BCUT2D eigenvalue weighted by atomic mass is 19.4. The zero-order valence-corrected chi connectivity index (χ0v) is 20.8. The van der Waals surface area contributed by atoms with Gasteiger partial charge in [0.2, 0.25) is 5.95 Å². The Hall–Kier alpha value is -4.40. The lowest BCUT2D eigenvalue weighted by atomic mass is 10.0. The van der Waals surface area contributed by atoms with Crippen LogP contribution in [-0.2, 0) is 19.1 Å². The Morgan fingerprint density at radius 1 is 1.18 bits per heavy atom. The molecule has 0 bridgehead atoms. The molecule has 1 N–H and O–H groups in total. The average Bonchev–Trinajstić information content (AvgIpc) is 2.87. The van der Waals surface area contributed by atoms with Crippen molar-refractivity contribution in [2.75, 3.05) is 31.0 Å². The molecule has 12 heteroatoms. The van der Waals surface area contributed by atoms with E-state index in [0.29, 0.717) is 11.3 Å². The molecule has 0 spiro atoms. The van der Waals surface area contributed by atoms with Crippen LogP contribution in [0.4, 0.5) is 23.5 Å². The Labute approximate surface area is 215 Å². The molecule has 38 heavy (non-hydrogen) atoms. The third-order valence-electron chi connectivity index (χ3n) is 6.31. The highest BCUT2D eigenvalue weighted by Gasteiger charge is 2.31. The number of nitriles is 1. The van der Waals surface area contributed by atoms with Gasteiger partial charge in [0.15, 0.2) is 0 Å². The standard InChI is InChI=1S/C26H24F4N6O2/c1-15(17-5-7-18(8-6-17)26(28,29)30)32-25-33-22-10-11-35(14-20(22)24(38)36(25)34(2)3)23(37)19-9-4-16(13-31)12-21(19)27/h4-9,12,15H,10-11,14H2,1-3H3,(H,32,33). The summed E-state index contributed by atoms with van der Waals surface area (Å²) in [4.78, 5) is 32.4. The third kappa shape index (κ3) is 5.18. The van der Waals surface area contributed by atoms with Gasteiger partial charge in [0, 0.05) is 27.1 Å². The van der Waals surface area contributed by atoms with Crippen molar-refractivity contribution in [1.82, 2.24) is 14.6 Å². The van der Waals surface area contributed by atoms with Gasteiger partial charge < -0.3 is 15.2 Å². The molecule has 2 aromatic carbocycles. The van der Waals surface area contributed by atoms with Crippen molar-refractivity contribution in [3.63, 3.8) is 0 Å². The maximum atomic E-state index is 14.4. The zero-order chi connectivity index (χ0) is 27.8. The van der Waals surface area contributed by atoms with Crippen LogP contribution in [-0.4, -0.2) is 41.1 Å². The highest BCUT2D eigenvalue weighted by molar-refractivity contribution is 5.94. The van der Waals surface area contributed by atoms with E-state index in [9.17, 15) is 27.2 Å². The molecule has 1 aliphatic rings. The minimum absolute atomic E-state index is 0.0813. The average molecular weight is 529 g/mol. The molecule has 1 aliphatic heterocycles. The number of benzene rings is 2. The predicted octanol–water partition coefficient (Wildman–Crippen LogP) is 3.84. The van der Waals surface area contributed by atoms with Crippen LogP contribution in [0.1, 0.15) is 51.3 Å². The summed E-state index contributed by atoms with van der Waals surface area (Å²) in [6, 6.07) is 9.64. The Morgan fingerprint density at radius 3 is 2.45 bits per heavy atom. The quantitative estimate of drug-likeness (QED) is 0.506. The molecular formula is C26H24F4N6O2. The fourth-order valence-corrected chi connectivity index (χ4v) is 4.27. The molecule has 2 heterocycles. The van der Waals surface area contributed by atoms with Gasteiger partial charge in [0.25, 0.3) is 11.5 Å². The number of nitrogens with zero attached hydrogens (tertiary/aromatic N) is 5. The zero-order valence-electron chi connectivity index (χ0n) is 20.8. The van der Waals surface area contributed by atoms with Crippen LogP contribution in [0.5, 0.6) is 0 Å². The van der Waals surface area contributed by atoms with E-state index in [2.05, 4.69) is 10.3 Å². The maximum absolute atomic E-state index is 14.4. The van der Waals surface area contributed by atoms with Gasteiger partial charge in [-0.15, -0.1) is 0 Å². The van der Waals surface area contributed by atoms with Crippen molar-refractivity contribution in [2.24, 2.45) is 0 Å². The van der Waals surface area contributed by atoms with Crippen LogP contribution in [0.2, 0.25) is 0 Å². The largest absolute Gasteiger partial charge is 0.416 e. The molecule has 1 atom stereocenters. The number of amides is 1. The second-order valence-corrected chi connectivity index (χ2v) is 9.09. The molecule has 8 nitrogen and oxygen atoms in total. The van der Waals surface area contributed by atoms with Crippen LogP contribution in [0, 0.1) is 17.1 Å². The van der Waals surface area contributed by atoms with E-state index in [1.54, 1.807) is 21.0 Å².